The molecule has 2 rings (SSSR count). The molecule has 0 atom stereocenters. The van der Waals surface area contributed by atoms with E-state index in [0.29, 0.717) is 16.8 Å². The number of carbonyl (C=O) groups excluding carboxylic acids is 1. The number of benzene rings is 2. The highest BCUT2D eigenvalue weighted by atomic mass is 16.1. The first-order chi connectivity index (χ1) is 9.13. The summed E-state index contributed by atoms with van der Waals surface area (Å²) in [6.07, 6.45) is 2.16. The van der Waals surface area contributed by atoms with Crippen molar-refractivity contribution in [2.24, 2.45) is 0 Å². The van der Waals surface area contributed by atoms with Crippen LogP contribution in [0.25, 0.3) is 0 Å². The van der Waals surface area contributed by atoms with Gasteiger partial charge in [0.2, 0.25) is 0 Å². The van der Waals surface area contributed by atoms with Gasteiger partial charge in [0.15, 0.2) is 5.78 Å². The highest BCUT2D eigenvalue weighted by molar-refractivity contribution is 6.10. The van der Waals surface area contributed by atoms with Gasteiger partial charge in [0, 0.05) is 16.8 Å². The molecular formula is C17H19NO. The molecule has 0 aliphatic heterocycles. The van der Waals surface area contributed by atoms with Gasteiger partial charge < -0.3 is 5.73 Å². The minimum absolute atomic E-state index is 0.0350. The molecule has 0 fully saturated rings. The third kappa shape index (κ3) is 2.84. The normalized spacial score (nSPS) is 10.4. The Kier molecular flexibility index (Phi) is 4.00. The maximum absolute atomic E-state index is 12.4. The van der Waals surface area contributed by atoms with E-state index in [1.165, 1.54) is 5.56 Å². The number of anilines is 1. The first-order valence-corrected chi connectivity index (χ1v) is 6.62. The summed E-state index contributed by atoms with van der Waals surface area (Å²) < 4.78 is 0. The molecule has 0 heterocycles. The molecule has 0 aliphatic carbocycles. The zero-order valence-electron chi connectivity index (χ0n) is 11.4. The van der Waals surface area contributed by atoms with Gasteiger partial charge in [-0.2, -0.15) is 0 Å². The number of nitrogens with two attached hydrogens (primary N) is 1. The Morgan fingerprint density at radius 1 is 1.11 bits per heavy atom. The zero-order valence-corrected chi connectivity index (χ0v) is 11.4. The molecule has 0 spiro atoms. The number of ketones is 1. The van der Waals surface area contributed by atoms with Gasteiger partial charge >= 0.3 is 0 Å². The Bertz CT molecular complexity index is 585. The quantitative estimate of drug-likeness (QED) is 0.666. The summed E-state index contributed by atoms with van der Waals surface area (Å²) in [6, 6.07) is 13.3. The van der Waals surface area contributed by atoms with Crippen LogP contribution in [-0.2, 0) is 6.42 Å². The zero-order chi connectivity index (χ0) is 13.8. The Hall–Kier alpha value is -2.09. The number of carbonyl (C=O) groups is 1. The molecule has 0 amide bonds. The van der Waals surface area contributed by atoms with Gasteiger partial charge in [0.05, 0.1) is 0 Å². The van der Waals surface area contributed by atoms with Crippen LogP contribution in [0.15, 0.2) is 42.5 Å². The molecule has 2 heteroatoms. The first-order valence-electron chi connectivity index (χ1n) is 6.62. The molecular weight excluding hydrogens is 234 g/mol. The smallest absolute Gasteiger partial charge is 0.193 e. The van der Waals surface area contributed by atoms with E-state index in [0.717, 1.165) is 18.4 Å². The van der Waals surface area contributed by atoms with Crippen molar-refractivity contribution in [1.82, 2.24) is 0 Å². The minimum atomic E-state index is 0.0350. The fourth-order valence-electron chi connectivity index (χ4n) is 2.17. The van der Waals surface area contributed by atoms with Crippen LogP contribution in [0.1, 0.15) is 40.4 Å². The van der Waals surface area contributed by atoms with Crippen molar-refractivity contribution >= 4 is 11.5 Å². The van der Waals surface area contributed by atoms with Crippen molar-refractivity contribution in [3.63, 3.8) is 0 Å². The average molecular weight is 253 g/mol. The van der Waals surface area contributed by atoms with Crippen molar-refractivity contribution in [2.75, 3.05) is 5.73 Å². The Morgan fingerprint density at radius 3 is 2.42 bits per heavy atom. The molecule has 2 N–H and O–H groups in total. The van der Waals surface area contributed by atoms with Gasteiger partial charge in [-0.05, 0) is 30.5 Å². The highest BCUT2D eigenvalue weighted by Gasteiger charge is 2.12. The molecule has 0 aromatic heterocycles. The van der Waals surface area contributed by atoms with E-state index in [4.69, 9.17) is 5.73 Å². The fraction of sp³-hybridized carbons (Fsp3) is 0.235. The van der Waals surface area contributed by atoms with Crippen molar-refractivity contribution < 1.29 is 4.79 Å². The van der Waals surface area contributed by atoms with Gasteiger partial charge in [0.1, 0.15) is 0 Å². The number of nitrogen functional groups attached to an aromatic ring is 1. The van der Waals surface area contributed by atoms with Crippen molar-refractivity contribution in [1.29, 1.82) is 0 Å². The average Bonchev–Trinajstić information content (AvgIpc) is 2.42. The summed E-state index contributed by atoms with van der Waals surface area (Å²) in [6.45, 7) is 4.03. The van der Waals surface area contributed by atoms with E-state index in [9.17, 15) is 4.79 Å². The Labute approximate surface area is 114 Å². The summed E-state index contributed by atoms with van der Waals surface area (Å²) in [4.78, 5) is 12.4. The van der Waals surface area contributed by atoms with E-state index < -0.39 is 0 Å². The van der Waals surface area contributed by atoms with Gasteiger partial charge in [-0.15, -0.1) is 0 Å². The minimum Gasteiger partial charge on any atom is -0.398 e. The van der Waals surface area contributed by atoms with Crippen molar-refractivity contribution in [2.45, 2.75) is 26.7 Å². The summed E-state index contributed by atoms with van der Waals surface area (Å²) in [7, 11) is 0. The predicted octanol–water partition coefficient (Wildman–Crippen LogP) is 3.76. The number of hydrogen-bond donors (Lipinski definition) is 1. The highest BCUT2D eigenvalue weighted by Crippen LogP contribution is 2.19. The van der Waals surface area contributed by atoms with E-state index in [1.54, 1.807) is 0 Å². The molecule has 0 aliphatic rings. The maximum atomic E-state index is 12.4. The van der Waals surface area contributed by atoms with Crippen LogP contribution in [0.3, 0.4) is 0 Å². The lowest BCUT2D eigenvalue weighted by Gasteiger charge is -2.08. The second-order valence-electron chi connectivity index (χ2n) is 4.80. The van der Waals surface area contributed by atoms with E-state index in [-0.39, 0.29) is 5.78 Å². The van der Waals surface area contributed by atoms with E-state index in [1.807, 2.05) is 49.4 Å². The standard InChI is InChI=1S/C17H19NO/c1-3-5-13-8-10-14(11-9-13)17(19)15-6-4-7-16(18)12(15)2/h4,6-11H,3,5,18H2,1-2H3. The summed E-state index contributed by atoms with van der Waals surface area (Å²) >= 11 is 0. The molecule has 19 heavy (non-hydrogen) atoms. The molecule has 2 aromatic carbocycles. The third-order valence-corrected chi connectivity index (χ3v) is 3.38. The number of rotatable bonds is 4. The number of hydrogen-bond acceptors (Lipinski definition) is 2. The van der Waals surface area contributed by atoms with Crippen LogP contribution in [0.5, 0.6) is 0 Å². The van der Waals surface area contributed by atoms with Crippen LogP contribution < -0.4 is 5.73 Å². The van der Waals surface area contributed by atoms with Crippen LogP contribution in [0, 0.1) is 6.92 Å². The summed E-state index contributed by atoms with van der Waals surface area (Å²) in [5, 5.41) is 0. The Balaban J connectivity index is 2.31. The lowest BCUT2D eigenvalue weighted by molar-refractivity contribution is 0.103. The topological polar surface area (TPSA) is 43.1 Å². The molecule has 0 saturated heterocycles. The van der Waals surface area contributed by atoms with Gasteiger partial charge in [0.25, 0.3) is 0 Å². The monoisotopic (exact) mass is 253 g/mol. The second-order valence-corrected chi connectivity index (χ2v) is 4.80. The van der Waals surface area contributed by atoms with Crippen molar-refractivity contribution in [3.8, 4) is 0 Å². The van der Waals surface area contributed by atoms with Gasteiger partial charge in [-0.3, -0.25) is 4.79 Å². The SMILES string of the molecule is CCCc1ccc(C(=O)c2cccc(N)c2C)cc1. The maximum Gasteiger partial charge on any atom is 0.193 e. The molecule has 0 bridgehead atoms. The largest absolute Gasteiger partial charge is 0.398 e. The number of aryl methyl sites for hydroxylation is 1. The predicted molar refractivity (Wildman–Crippen MR) is 79.5 cm³/mol. The molecule has 2 aromatic rings. The third-order valence-electron chi connectivity index (χ3n) is 3.38. The van der Waals surface area contributed by atoms with E-state index >= 15 is 0 Å². The second kappa shape index (κ2) is 5.70. The molecule has 0 saturated carbocycles. The molecule has 98 valence electrons. The Morgan fingerprint density at radius 2 is 1.79 bits per heavy atom. The van der Waals surface area contributed by atoms with Crippen LogP contribution in [0.4, 0.5) is 5.69 Å². The fourth-order valence-corrected chi connectivity index (χ4v) is 2.17. The van der Waals surface area contributed by atoms with Crippen LogP contribution >= 0.6 is 0 Å². The van der Waals surface area contributed by atoms with Crippen molar-refractivity contribution in [3.05, 3.63) is 64.7 Å². The van der Waals surface area contributed by atoms with E-state index in [2.05, 4.69) is 6.92 Å². The first kappa shape index (κ1) is 13.3. The summed E-state index contributed by atoms with van der Waals surface area (Å²) in [5.41, 5.74) is 10.0. The molecule has 0 unspecified atom stereocenters. The molecule has 0 radical (unpaired) electrons. The van der Waals surface area contributed by atoms with Crippen LogP contribution in [0.2, 0.25) is 0 Å². The van der Waals surface area contributed by atoms with Crippen LogP contribution in [-0.4, -0.2) is 5.78 Å². The van der Waals surface area contributed by atoms with Gasteiger partial charge in [-0.25, -0.2) is 0 Å². The lowest BCUT2D eigenvalue weighted by atomic mass is 9.97. The van der Waals surface area contributed by atoms with Gasteiger partial charge in [-0.1, -0.05) is 49.7 Å². The lowest BCUT2D eigenvalue weighted by Crippen LogP contribution is -2.05. The summed E-state index contributed by atoms with van der Waals surface area (Å²) in [5.74, 6) is 0.0350. The molecule has 2 nitrogen and oxygen atoms in total.